The summed E-state index contributed by atoms with van der Waals surface area (Å²) in [6.07, 6.45) is 0. The smallest absolute Gasteiger partial charge is 0.122 e. The number of methoxy groups -OCH3 is 1. The van der Waals surface area contributed by atoms with Crippen LogP contribution in [0, 0.1) is 20.8 Å². The van der Waals surface area contributed by atoms with E-state index in [-0.39, 0.29) is 5.25 Å². The molecule has 0 aliphatic carbocycles. The number of ether oxygens (including phenoxy) is 1. The van der Waals surface area contributed by atoms with Gasteiger partial charge in [0.1, 0.15) is 5.75 Å². The van der Waals surface area contributed by atoms with Gasteiger partial charge < -0.3 is 4.74 Å². The Morgan fingerprint density at radius 2 is 1.79 bits per heavy atom. The fraction of sp³-hybridized carbons (Fsp3) is 0.500. The summed E-state index contributed by atoms with van der Waals surface area (Å²) in [6.45, 7) is 8.43. The van der Waals surface area contributed by atoms with Crippen molar-refractivity contribution in [3.8, 4) is 5.75 Å². The lowest BCUT2D eigenvalue weighted by Gasteiger charge is -2.17. The second-order valence-corrected chi connectivity index (χ2v) is 4.51. The summed E-state index contributed by atoms with van der Waals surface area (Å²) >= 11 is 4.50. The minimum absolute atomic E-state index is 0.277. The Labute approximate surface area is 91.9 Å². The first-order chi connectivity index (χ1) is 6.49. The van der Waals surface area contributed by atoms with Crippen molar-refractivity contribution in [2.75, 3.05) is 7.11 Å². The molecule has 0 saturated heterocycles. The zero-order valence-electron chi connectivity index (χ0n) is 9.51. The molecule has 1 unspecified atom stereocenters. The maximum Gasteiger partial charge on any atom is 0.122 e. The summed E-state index contributed by atoms with van der Waals surface area (Å²) in [7, 11) is 1.71. The molecule has 0 fully saturated rings. The summed E-state index contributed by atoms with van der Waals surface area (Å²) in [4.78, 5) is 0. The van der Waals surface area contributed by atoms with Crippen molar-refractivity contribution < 1.29 is 4.74 Å². The predicted octanol–water partition coefficient (Wildman–Crippen LogP) is 3.61. The molecule has 14 heavy (non-hydrogen) atoms. The van der Waals surface area contributed by atoms with E-state index in [1.54, 1.807) is 7.11 Å². The summed E-state index contributed by atoms with van der Waals surface area (Å²) in [5.74, 6) is 0.970. The van der Waals surface area contributed by atoms with E-state index in [4.69, 9.17) is 4.74 Å². The van der Waals surface area contributed by atoms with Gasteiger partial charge in [-0.05, 0) is 56.0 Å². The summed E-state index contributed by atoms with van der Waals surface area (Å²) < 4.78 is 5.32. The lowest BCUT2D eigenvalue weighted by atomic mass is 9.95. The number of aryl methyl sites for hydroxylation is 1. The largest absolute Gasteiger partial charge is 0.496 e. The molecule has 0 spiro atoms. The van der Waals surface area contributed by atoms with E-state index in [0.717, 1.165) is 5.75 Å². The van der Waals surface area contributed by atoms with Gasteiger partial charge in [-0.25, -0.2) is 0 Å². The maximum absolute atomic E-state index is 5.32. The monoisotopic (exact) mass is 210 g/mol. The highest BCUT2D eigenvalue weighted by molar-refractivity contribution is 7.80. The Hall–Kier alpha value is -0.630. The van der Waals surface area contributed by atoms with Gasteiger partial charge in [-0.1, -0.05) is 0 Å². The van der Waals surface area contributed by atoms with Crippen LogP contribution in [0.4, 0.5) is 0 Å². The Bertz CT molecular complexity index is 343. The molecule has 0 bridgehead atoms. The highest BCUT2D eigenvalue weighted by atomic mass is 32.1. The fourth-order valence-electron chi connectivity index (χ4n) is 1.92. The molecular formula is C12H18OS. The van der Waals surface area contributed by atoms with Crippen LogP contribution in [0.2, 0.25) is 0 Å². The van der Waals surface area contributed by atoms with E-state index in [1.807, 2.05) is 0 Å². The van der Waals surface area contributed by atoms with Gasteiger partial charge in [0.05, 0.1) is 7.11 Å². The van der Waals surface area contributed by atoms with Gasteiger partial charge in [0.25, 0.3) is 0 Å². The van der Waals surface area contributed by atoms with Gasteiger partial charge >= 0.3 is 0 Å². The fourth-order valence-corrected chi connectivity index (χ4v) is 2.32. The number of hydrogen-bond acceptors (Lipinski definition) is 2. The van der Waals surface area contributed by atoms with Crippen molar-refractivity contribution >= 4 is 12.6 Å². The normalized spacial score (nSPS) is 12.7. The van der Waals surface area contributed by atoms with Crippen LogP contribution in [-0.2, 0) is 0 Å². The topological polar surface area (TPSA) is 9.23 Å². The van der Waals surface area contributed by atoms with Crippen molar-refractivity contribution in [2.45, 2.75) is 32.9 Å². The lowest BCUT2D eigenvalue weighted by molar-refractivity contribution is 0.410. The minimum atomic E-state index is 0.277. The Morgan fingerprint density at radius 1 is 1.21 bits per heavy atom. The number of benzene rings is 1. The third-order valence-electron chi connectivity index (χ3n) is 2.75. The van der Waals surface area contributed by atoms with Crippen LogP contribution >= 0.6 is 12.6 Å². The zero-order chi connectivity index (χ0) is 10.9. The van der Waals surface area contributed by atoms with Crippen LogP contribution in [0.15, 0.2) is 6.07 Å². The third-order valence-corrected chi connectivity index (χ3v) is 3.00. The Morgan fingerprint density at radius 3 is 2.21 bits per heavy atom. The van der Waals surface area contributed by atoms with E-state index in [9.17, 15) is 0 Å². The average molecular weight is 210 g/mol. The molecule has 1 aromatic rings. The van der Waals surface area contributed by atoms with Crippen molar-refractivity contribution in [3.63, 3.8) is 0 Å². The minimum Gasteiger partial charge on any atom is -0.496 e. The second kappa shape index (κ2) is 4.26. The quantitative estimate of drug-likeness (QED) is 0.734. The van der Waals surface area contributed by atoms with Crippen LogP contribution < -0.4 is 4.74 Å². The van der Waals surface area contributed by atoms with Crippen molar-refractivity contribution in [1.29, 1.82) is 0 Å². The molecule has 0 aromatic heterocycles. The van der Waals surface area contributed by atoms with Crippen LogP contribution in [0.25, 0.3) is 0 Å². The van der Waals surface area contributed by atoms with E-state index in [1.165, 1.54) is 22.3 Å². The van der Waals surface area contributed by atoms with Gasteiger partial charge in [-0.2, -0.15) is 12.6 Å². The highest BCUT2D eigenvalue weighted by Crippen LogP contribution is 2.33. The number of hydrogen-bond donors (Lipinski definition) is 1. The van der Waals surface area contributed by atoms with E-state index >= 15 is 0 Å². The number of rotatable bonds is 2. The molecule has 0 N–H and O–H groups in total. The molecule has 0 radical (unpaired) electrons. The molecular weight excluding hydrogens is 192 g/mol. The lowest BCUT2D eigenvalue weighted by Crippen LogP contribution is -2.00. The predicted molar refractivity (Wildman–Crippen MR) is 64.6 cm³/mol. The molecule has 0 amide bonds. The molecule has 1 atom stereocenters. The van der Waals surface area contributed by atoms with E-state index in [2.05, 4.69) is 46.4 Å². The van der Waals surface area contributed by atoms with Crippen LogP contribution in [0.3, 0.4) is 0 Å². The van der Waals surface area contributed by atoms with Crippen LogP contribution in [0.1, 0.15) is 34.4 Å². The van der Waals surface area contributed by atoms with Crippen molar-refractivity contribution in [3.05, 3.63) is 28.3 Å². The zero-order valence-corrected chi connectivity index (χ0v) is 10.4. The van der Waals surface area contributed by atoms with Crippen LogP contribution in [-0.4, -0.2) is 7.11 Å². The summed E-state index contributed by atoms with van der Waals surface area (Å²) in [6, 6.07) is 2.09. The van der Waals surface area contributed by atoms with Gasteiger partial charge in [0, 0.05) is 5.25 Å². The van der Waals surface area contributed by atoms with Gasteiger partial charge in [-0.15, -0.1) is 0 Å². The van der Waals surface area contributed by atoms with Gasteiger partial charge in [0.15, 0.2) is 0 Å². The van der Waals surface area contributed by atoms with E-state index < -0.39 is 0 Å². The first kappa shape index (κ1) is 11.4. The first-order valence-electron chi connectivity index (χ1n) is 4.81. The molecule has 1 rings (SSSR count). The summed E-state index contributed by atoms with van der Waals surface area (Å²) in [5, 5.41) is 0.277. The Balaban J connectivity index is 3.41. The summed E-state index contributed by atoms with van der Waals surface area (Å²) in [5.41, 5.74) is 5.09. The standard InChI is InChI=1S/C12H18OS/c1-7-6-11(13-5)8(2)9(3)12(7)10(4)14/h6,10,14H,1-5H3. The molecule has 2 heteroatoms. The average Bonchev–Trinajstić information content (AvgIpc) is 2.10. The first-order valence-corrected chi connectivity index (χ1v) is 5.33. The van der Waals surface area contributed by atoms with Crippen LogP contribution in [0.5, 0.6) is 5.75 Å². The third kappa shape index (κ3) is 1.90. The maximum atomic E-state index is 5.32. The van der Waals surface area contributed by atoms with Crippen molar-refractivity contribution in [1.82, 2.24) is 0 Å². The molecule has 1 aromatic carbocycles. The van der Waals surface area contributed by atoms with E-state index in [0.29, 0.717) is 0 Å². The number of thiol groups is 1. The Kier molecular flexibility index (Phi) is 3.48. The van der Waals surface area contributed by atoms with Gasteiger partial charge in [-0.3, -0.25) is 0 Å². The van der Waals surface area contributed by atoms with Gasteiger partial charge in [0.2, 0.25) is 0 Å². The molecule has 0 heterocycles. The molecule has 78 valence electrons. The molecule has 0 saturated carbocycles. The SMILES string of the molecule is COc1cc(C)c(C(C)S)c(C)c1C. The molecule has 1 nitrogen and oxygen atoms in total. The second-order valence-electron chi connectivity index (χ2n) is 3.74. The highest BCUT2D eigenvalue weighted by Gasteiger charge is 2.13. The molecule has 0 aliphatic heterocycles. The molecule has 0 aliphatic rings. The van der Waals surface area contributed by atoms with Crippen molar-refractivity contribution in [2.24, 2.45) is 0 Å².